The fourth-order valence-electron chi connectivity index (χ4n) is 4.50. The lowest BCUT2D eigenvalue weighted by molar-refractivity contribution is 0.0678. The number of aromatic nitrogens is 1. The fourth-order valence-corrected chi connectivity index (χ4v) is 4.50. The summed E-state index contributed by atoms with van der Waals surface area (Å²) in [6.45, 7) is 1.92. The van der Waals surface area contributed by atoms with E-state index in [-0.39, 0.29) is 0 Å². The molecule has 0 atom stereocenters. The summed E-state index contributed by atoms with van der Waals surface area (Å²) in [5.41, 5.74) is 3.13. The first-order valence-corrected chi connectivity index (χ1v) is 11.8. The number of benzene rings is 2. The smallest absolute Gasteiger partial charge is 0.127 e. The van der Waals surface area contributed by atoms with Gasteiger partial charge in [0.1, 0.15) is 23.2 Å². The molecule has 1 saturated heterocycles. The third-order valence-corrected chi connectivity index (χ3v) is 6.51. The molecule has 0 amide bonds. The van der Waals surface area contributed by atoms with Crippen molar-refractivity contribution in [3.05, 3.63) is 59.8 Å². The zero-order chi connectivity index (χ0) is 23.9. The number of rotatable bonds is 9. The second-order valence-corrected chi connectivity index (χ2v) is 8.80. The second-order valence-electron chi connectivity index (χ2n) is 8.80. The van der Waals surface area contributed by atoms with Gasteiger partial charge in [-0.2, -0.15) is 0 Å². The van der Waals surface area contributed by atoms with E-state index in [0.29, 0.717) is 49.1 Å². The molecule has 0 bridgehead atoms. The third kappa shape index (κ3) is 5.78. The highest BCUT2D eigenvalue weighted by atomic mass is 16.5. The number of H-pyrrole nitrogens is 1. The van der Waals surface area contributed by atoms with Gasteiger partial charge >= 0.3 is 0 Å². The number of para-hydroxylation sites is 1. The van der Waals surface area contributed by atoms with E-state index in [9.17, 15) is 0 Å². The summed E-state index contributed by atoms with van der Waals surface area (Å²) in [6, 6.07) is 16.1. The topological polar surface area (TPSA) is 94.4 Å². The third-order valence-electron chi connectivity index (χ3n) is 6.51. The molecule has 2 heterocycles. The van der Waals surface area contributed by atoms with E-state index in [1.807, 2.05) is 35.2 Å². The summed E-state index contributed by atoms with van der Waals surface area (Å²) in [4.78, 5) is 5.28. The highest BCUT2D eigenvalue weighted by Gasteiger charge is 2.23. The number of ether oxygens (including phenoxy) is 3. The minimum atomic E-state index is 0.417. The van der Waals surface area contributed by atoms with Crippen molar-refractivity contribution in [1.29, 1.82) is 10.8 Å². The van der Waals surface area contributed by atoms with Crippen LogP contribution in [0.5, 0.6) is 11.5 Å². The summed E-state index contributed by atoms with van der Waals surface area (Å²) in [5, 5.41) is 19.0. The predicted octanol–water partition coefficient (Wildman–Crippen LogP) is 5.39. The van der Waals surface area contributed by atoms with Gasteiger partial charge in [-0.3, -0.25) is 10.8 Å². The molecule has 0 radical (unpaired) electrons. The Kier molecular flexibility index (Phi) is 7.85. The molecule has 1 aliphatic rings. The highest BCUT2D eigenvalue weighted by Crippen LogP contribution is 2.27. The lowest BCUT2D eigenvalue weighted by atomic mass is 9.95. The Labute approximate surface area is 201 Å². The van der Waals surface area contributed by atoms with E-state index < -0.39 is 0 Å². The lowest BCUT2D eigenvalue weighted by Gasteiger charge is -2.30. The maximum Gasteiger partial charge on any atom is 0.127 e. The quantitative estimate of drug-likeness (QED) is 0.293. The van der Waals surface area contributed by atoms with Crippen LogP contribution in [0.25, 0.3) is 10.9 Å². The normalized spacial score (nSPS) is 14.2. The van der Waals surface area contributed by atoms with Gasteiger partial charge in [-0.15, -0.1) is 0 Å². The van der Waals surface area contributed by atoms with Crippen LogP contribution in [0.3, 0.4) is 0 Å². The van der Waals surface area contributed by atoms with Crippen molar-refractivity contribution in [2.24, 2.45) is 5.92 Å². The summed E-state index contributed by atoms with van der Waals surface area (Å²) in [5.74, 6) is 2.76. The number of aromatic amines is 1. The average molecular weight is 463 g/mol. The number of hydrogen-bond acceptors (Lipinski definition) is 5. The first-order chi connectivity index (χ1) is 16.6. The Bertz CT molecular complexity index is 1100. The number of nitrogens with one attached hydrogen (secondary N) is 3. The van der Waals surface area contributed by atoms with Crippen LogP contribution in [0, 0.1) is 16.7 Å². The number of methoxy groups -OCH3 is 2. The molecule has 3 N–H and O–H groups in total. The highest BCUT2D eigenvalue weighted by molar-refractivity contribution is 5.98. The number of hydrogen-bond donors (Lipinski definition) is 3. The molecule has 7 heteroatoms. The van der Waals surface area contributed by atoms with Gasteiger partial charge in [-0.1, -0.05) is 18.2 Å². The summed E-state index contributed by atoms with van der Waals surface area (Å²) in [6.07, 6.45) is 3.83. The Morgan fingerprint density at radius 3 is 2.56 bits per heavy atom. The molecule has 180 valence electrons. The van der Waals surface area contributed by atoms with Gasteiger partial charge in [0, 0.05) is 48.9 Å². The summed E-state index contributed by atoms with van der Waals surface area (Å²) < 4.78 is 16.4. The molecular formula is C27H34N4O3. The van der Waals surface area contributed by atoms with E-state index in [0.717, 1.165) is 48.6 Å². The van der Waals surface area contributed by atoms with Gasteiger partial charge in [0.15, 0.2) is 0 Å². The van der Waals surface area contributed by atoms with Gasteiger partial charge in [0.05, 0.1) is 20.8 Å². The number of aryl methyl sites for hydroxylation is 1. The van der Waals surface area contributed by atoms with Crippen molar-refractivity contribution in [3.8, 4) is 11.5 Å². The van der Waals surface area contributed by atoms with E-state index in [1.165, 1.54) is 5.39 Å². The van der Waals surface area contributed by atoms with Gasteiger partial charge in [0.25, 0.3) is 0 Å². The molecule has 4 rings (SSSR count). The first kappa shape index (κ1) is 23.8. The van der Waals surface area contributed by atoms with Crippen LogP contribution in [0.2, 0.25) is 0 Å². The monoisotopic (exact) mass is 462 g/mol. The van der Waals surface area contributed by atoms with Gasteiger partial charge in [-0.25, -0.2) is 0 Å². The number of nitrogens with zero attached hydrogens (tertiary/aromatic N) is 1. The molecule has 0 unspecified atom stereocenters. The standard InChI is InChI=1S/C27H34N4O3/c1-32-23-9-7-21(25(17-23)33-2)18-31(27(29)15-19-11-13-34-14-12-19)26(28)10-8-22-16-20-5-3-4-6-24(20)30-22/h3-7,9,16-17,19,28-30H,8,10-15,18H2,1-2H3. The van der Waals surface area contributed by atoms with Crippen molar-refractivity contribution in [1.82, 2.24) is 9.88 Å². The van der Waals surface area contributed by atoms with Crippen LogP contribution in [-0.4, -0.2) is 49.0 Å². The second kappa shape index (κ2) is 11.2. The van der Waals surface area contributed by atoms with E-state index in [1.54, 1.807) is 14.2 Å². The van der Waals surface area contributed by atoms with Crippen LogP contribution in [0.15, 0.2) is 48.5 Å². The molecule has 3 aromatic rings. The SMILES string of the molecule is COc1ccc(CN(C(=N)CCc2cc3ccccc3[nH]2)C(=N)CC2CCOCC2)c(OC)c1. The maximum atomic E-state index is 8.91. The first-order valence-electron chi connectivity index (χ1n) is 11.8. The summed E-state index contributed by atoms with van der Waals surface area (Å²) >= 11 is 0. The predicted molar refractivity (Wildman–Crippen MR) is 135 cm³/mol. The van der Waals surface area contributed by atoms with Gasteiger partial charge in [-0.05, 0) is 54.8 Å². The van der Waals surface area contributed by atoms with E-state index in [4.69, 9.17) is 25.0 Å². The van der Waals surface area contributed by atoms with Crippen LogP contribution in [0.1, 0.15) is 36.9 Å². The van der Waals surface area contributed by atoms with E-state index >= 15 is 0 Å². The number of fused-ring (bicyclic) bond motifs is 1. The Morgan fingerprint density at radius 2 is 1.82 bits per heavy atom. The van der Waals surface area contributed by atoms with Crippen LogP contribution >= 0.6 is 0 Å². The fraction of sp³-hybridized carbons (Fsp3) is 0.407. The molecule has 34 heavy (non-hydrogen) atoms. The Hall–Kier alpha value is -3.32. The minimum Gasteiger partial charge on any atom is -0.497 e. The molecule has 0 aliphatic carbocycles. The largest absolute Gasteiger partial charge is 0.497 e. The number of amidine groups is 2. The summed E-state index contributed by atoms with van der Waals surface area (Å²) in [7, 11) is 3.27. The lowest BCUT2D eigenvalue weighted by Crippen LogP contribution is -2.37. The van der Waals surface area contributed by atoms with Crippen molar-refractivity contribution >= 4 is 22.6 Å². The van der Waals surface area contributed by atoms with Crippen molar-refractivity contribution in [2.45, 2.75) is 38.6 Å². The molecule has 1 aliphatic heterocycles. The van der Waals surface area contributed by atoms with Crippen LogP contribution in [-0.2, 0) is 17.7 Å². The van der Waals surface area contributed by atoms with Gasteiger partial charge < -0.3 is 24.1 Å². The van der Waals surface area contributed by atoms with Crippen LogP contribution in [0.4, 0.5) is 0 Å². The Morgan fingerprint density at radius 1 is 1.03 bits per heavy atom. The Balaban J connectivity index is 1.50. The molecule has 1 aromatic heterocycles. The molecule has 2 aromatic carbocycles. The van der Waals surface area contributed by atoms with Gasteiger partial charge in [0.2, 0.25) is 0 Å². The van der Waals surface area contributed by atoms with E-state index in [2.05, 4.69) is 23.2 Å². The molecule has 7 nitrogen and oxygen atoms in total. The average Bonchev–Trinajstić information content (AvgIpc) is 3.29. The van der Waals surface area contributed by atoms with Crippen molar-refractivity contribution in [2.75, 3.05) is 27.4 Å². The molecule has 0 saturated carbocycles. The maximum absolute atomic E-state index is 8.91. The minimum absolute atomic E-state index is 0.417. The molecule has 0 spiro atoms. The molecule has 1 fully saturated rings. The molecular weight excluding hydrogens is 428 g/mol. The van der Waals surface area contributed by atoms with Crippen molar-refractivity contribution < 1.29 is 14.2 Å². The van der Waals surface area contributed by atoms with Crippen LogP contribution < -0.4 is 9.47 Å². The zero-order valence-corrected chi connectivity index (χ0v) is 20.0. The zero-order valence-electron chi connectivity index (χ0n) is 20.0. The van der Waals surface area contributed by atoms with Crippen molar-refractivity contribution in [3.63, 3.8) is 0 Å².